The summed E-state index contributed by atoms with van der Waals surface area (Å²) in [7, 11) is 1.61. The molecule has 3 rings (SSSR count). The van der Waals surface area contributed by atoms with Crippen molar-refractivity contribution in [1.82, 2.24) is 15.6 Å². The summed E-state index contributed by atoms with van der Waals surface area (Å²) >= 11 is 0. The molecule has 2 heterocycles. The number of aromatic nitrogens is 1. The molecule has 1 aliphatic heterocycles. The van der Waals surface area contributed by atoms with Gasteiger partial charge in [0.2, 0.25) is 0 Å². The summed E-state index contributed by atoms with van der Waals surface area (Å²) in [5.41, 5.74) is 1.65. The lowest BCUT2D eigenvalue weighted by atomic mass is 10.2. The van der Waals surface area contributed by atoms with E-state index in [0.717, 1.165) is 30.5 Å². The van der Waals surface area contributed by atoms with E-state index >= 15 is 0 Å². The minimum atomic E-state index is -0.175. The number of hydrogen-bond donors (Lipinski definition) is 2. The van der Waals surface area contributed by atoms with Crippen LogP contribution in [-0.4, -0.2) is 50.4 Å². The molecule has 1 aliphatic rings. The first-order valence-corrected chi connectivity index (χ1v) is 7.91. The van der Waals surface area contributed by atoms with Crippen molar-refractivity contribution in [1.29, 1.82) is 0 Å². The maximum atomic E-state index is 11.7. The third-order valence-electron chi connectivity index (χ3n) is 4.00. The molecule has 124 valence electrons. The smallest absolute Gasteiger partial charge is 0.314 e. The molecule has 2 amide bonds. The number of rotatable bonds is 6. The van der Waals surface area contributed by atoms with Crippen molar-refractivity contribution >= 4 is 23.1 Å². The van der Waals surface area contributed by atoms with Gasteiger partial charge in [-0.15, -0.1) is 0 Å². The molecule has 1 fully saturated rings. The van der Waals surface area contributed by atoms with Gasteiger partial charge in [0, 0.05) is 26.7 Å². The molecule has 1 aromatic heterocycles. The summed E-state index contributed by atoms with van der Waals surface area (Å²) in [4.78, 5) is 18.4. The Morgan fingerprint density at radius 3 is 3.13 bits per heavy atom. The van der Waals surface area contributed by atoms with Crippen molar-refractivity contribution in [2.45, 2.75) is 18.9 Å². The maximum Gasteiger partial charge on any atom is 0.314 e. The highest BCUT2D eigenvalue weighted by Crippen LogP contribution is 2.27. The van der Waals surface area contributed by atoms with Gasteiger partial charge in [-0.05, 0) is 25.0 Å². The molecule has 0 saturated carbocycles. The Kier molecular flexibility index (Phi) is 4.97. The number of benzene rings is 1. The third kappa shape index (κ3) is 3.73. The molecule has 1 atom stereocenters. The second-order valence-electron chi connectivity index (χ2n) is 5.58. The van der Waals surface area contributed by atoms with Crippen molar-refractivity contribution in [2.24, 2.45) is 0 Å². The average molecular weight is 318 g/mol. The molecular weight excluding hydrogens is 296 g/mol. The van der Waals surface area contributed by atoms with Crippen molar-refractivity contribution in [3.63, 3.8) is 0 Å². The molecule has 0 spiro atoms. The monoisotopic (exact) mass is 318 g/mol. The van der Waals surface area contributed by atoms with Crippen LogP contribution in [0.3, 0.4) is 0 Å². The number of para-hydroxylation sites is 2. The first kappa shape index (κ1) is 15.6. The van der Waals surface area contributed by atoms with Gasteiger partial charge >= 0.3 is 6.03 Å². The molecule has 0 bridgehead atoms. The number of nitrogens with zero attached hydrogens (tertiary/aromatic N) is 2. The number of fused-ring (bicyclic) bond motifs is 1. The van der Waals surface area contributed by atoms with Gasteiger partial charge in [-0.25, -0.2) is 4.79 Å². The first-order chi connectivity index (χ1) is 11.3. The Morgan fingerprint density at radius 2 is 2.30 bits per heavy atom. The van der Waals surface area contributed by atoms with Crippen molar-refractivity contribution in [3.8, 4) is 0 Å². The van der Waals surface area contributed by atoms with E-state index in [9.17, 15) is 4.79 Å². The lowest BCUT2D eigenvalue weighted by molar-refractivity contribution is 0.195. The van der Waals surface area contributed by atoms with Crippen LogP contribution in [0.2, 0.25) is 0 Å². The van der Waals surface area contributed by atoms with E-state index in [0.29, 0.717) is 25.7 Å². The Bertz CT molecular complexity index is 625. The Balaban J connectivity index is 1.58. The number of urea groups is 1. The molecule has 1 saturated heterocycles. The number of oxazole rings is 1. The van der Waals surface area contributed by atoms with E-state index in [1.165, 1.54) is 0 Å². The summed E-state index contributed by atoms with van der Waals surface area (Å²) < 4.78 is 10.7. The highest BCUT2D eigenvalue weighted by atomic mass is 16.5. The van der Waals surface area contributed by atoms with Crippen LogP contribution in [0.25, 0.3) is 11.1 Å². The zero-order valence-electron chi connectivity index (χ0n) is 13.2. The van der Waals surface area contributed by atoms with Crippen LogP contribution in [0.4, 0.5) is 10.8 Å². The van der Waals surface area contributed by atoms with E-state index in [4.69, 9.17) is 9.15 Å². The molecule has 0 aliphatic carbocycles. The van der Waals surface area contributed by atoms with Gasteiger partial charge in [0.15, 0.2) is 5.58 Å². The first-order valence-electron chi connectivity index (χ1n) is 7.91. The van der Waals surface area contributed by atoms with Crippen LogP contribution in [0.5, 0.6) is 0 Å². The van der Waals surface area contributed by atoms with Crippen molar-refractivity contribution < 1.29 is 13.9 Å². The highest BCUT2D eigenvalue weighted by Gasteiger charge is 2.28. The lowest BCUT2D eigenvalue weighted by Crippen LogP contribution is -2.44. The Morgan fingerprint density at radius 1 is 1.43 bits per heavy atom. The number of amides is 2. The second-order valence-corrected chi connectivity index (χ2v) is 5.58. The van der Waals surface area contributed by atoms with Crippen LogP contribution in [0, 0.1) is 0 Å². The van der Waals surface area contributed by atoms with Crippen LogP contribution in [0.1, 0.15) is 12.8 Å². The zero-order chi connectivity index (χ0) is 16.1. The fourth-order valence-corrected chi connectivity index (χ4v) is 2.82. The Labute approximate surface area is 135 Å². The minimum Gasteiger partial charge on any atom is -0.423 e. The molecule has 2 N–H and O–H groups in total. The normalized spacial score (nSPS) is 17.6. The summed E-state index contributed by atoms with van der Waals surface area (Å²) in [5, 5.41) is 5.65. The number of carbonyl (C=O) groups is 1. The predicted molar refractivity (Wildman–Crippen MR) is 87.7 cm³/mol. The van der Waals surface area contributed by atoms with E-state index in [1.54, 1.807) is 7.11 Å². The van der Waals surface area contributed by atoms with Gasteiger partial charge in [0.05, 0.1) is 12.6 Å². The number of ether oxygens (including phenoxy) is 1. The topological polar surface area (TPSA) is 79.6 Å². The third-order valence-corrected chi connectivity index (χ3v) is 4.00. The largest absolute Gasteiger partial charge is 0.423 e. The second kappa shape index (κ2) is 7.32. The van der Waals surface area contributed by atoms with Crippen LogP contribution in [0.15, 0.2) is 28.7 Å². The van der Waals surface area contributed by atoms with Crippen LogP contribution >= 0.6 is 0 Å². The van der Waals surface area contributed by atoms with Crippen molar-refractivity contribution in [2.75, 3.05) is 38.3 Å². The number of anilines is 1. The SMILES string of the molecule is COCCNC(=O)NCC1CCCN1c1nc2ccccc2o1. The van der Waals surface area contributed by atoms with Gasteiger partial charge in [-0.1, -0.05) is 12.1 Å². The number of hydrogen-bond acceptors (Lipinski definition) is 5. The van der Waals surface area contributed by atoms with Gasteiger partial charge < -0.3 is 24.7 Å². The molecular formula is C16H22N4O3. The molecule has 0 radical (unpaired) electrons. The molecule has 1 unspecified atom stereocenters. The van der Waals surface area contributed by atoms with E-state index in [-0.39, 0.29) is 12.1 Å². The van der Waals surface area contributed by atoms with Crippen LogP contribution < -0.4 is 15.5 Å². The van der Waals surface area contributed by atoms with Gasteiger partial charge in [0.1, 0.15) is 5.52 Å². The van der Waals surface area contributed by atoms with Crippen molar-refractivity contribution in [3.05, 3.63) is 24.3 Å². The van der Waals surface area contributed by atoms with E-state index < -0.39 is 0 Å². The summed E-state index contributed by atoms with van der Waals surface area (Å²) in [6, 6.07) is 8.40. The average Bonchev–Trinajstić information content (AvgIpc) is 3.19. The molecule has 1 aromatic carbocycles. The number of carbonyl (C=O) groups excluding carboxylic acids is 1. The molecule has 23 heavy (non-hydrogen) atoms. The summed E-state index contributed by atoms with van der Waals surface area (Å²) in [6.45, 7) is 2.47. The zero-order valence-corrected chi connectivity index (χ0v) is 13.2. The van der Waals surface area contributed by atoms with E-state index in [2.05, 4.69) is 20.5 Å². The quantitative estimate of drug-likeness (QED) is 0.793. The fraction of sp³-hybridized carbons (Fsp3) is 0.500. The highest BCUT2D eigenvalue weighted by molar-refractivity contribution is 5.75. The Hall–Kier alpha value is -2.28. The standard InChI is InChI=1S/C16H22N4O3/c1-22-10-8-17-15(21)18-11-12-5-4-9-20(12)16-19-13-6-2-3-7-14(13)23-16/h2-3,6-7,12H,4-5,8-11H2,1H3,(H2,17,18,21). The number of nitrogens with one attached hydrogen (secondary N) is 2. The van der Waals surface area contributed by atoms with E-state index in [1.807, 2.05) is 24.3 Å². The molecule has 2 aromatic rings. The fourth-order valence-electron chi connectivity index (χ4n) is 2.82. The predicted octanol–water partition coefficient (Wildman–Crippen LogP) is 1.74. The lowest BCUT2D eigenvalue weighted by Gasteiger charge is -2.23. The summed E-state index contributed by atoms with van der Waals surface area (Å²) in [6.07, 6.45) is 2.08. The summed E-state index contributed by atoms with van der Waals surface area (Å²) in [5.74, 6) is 0. The minimum absolute atomic E-state index is 0.175. The molecule has 7 heteroatoms. The maximum absolute atomic E-state index is 11.7. The number of methoxy groups -OCH3 is 1. The molecule has 7 nitrogen and oxygen atoms in total. The van der Waals surface area contributed by atoms with Gasteiger partial charge in [0.25, 0.3) is 6.01 Å². The van der Waals surface area contributed by atoms with Gasteiger partial charge in [-0.2, -0.15) is 4.98 Å². The van der Waals surface area contributed by atoms with Crippen LogP contribution in [-0.2, 0) is 4.74 Å². The van der Waals surface area contributed by atoms with Gasteiger partial charge in [-0.3, -0.25) is 0 Å².